The van der Waals surface area contributed by atoms with E-state index in [1.165, 1.54) is 5.56 Å². The standard InChI is InChI=1S/C28H35N3O4/c1-4-5-18-35-26-19-23(8-11-25(26)34-3)28(32)30-15-12-22(13-16-30)27-29-14-17-31(27)20-21-6-9-24(33-2)10-7-21/h6-11,14,17,19,22H,4-5,12-13,15-16,18,20H2,1-3H3. The van der Waals surface area contributed by atoms with Crippen LogP contribution >= 0.6 is 0 Å². The van der Waals surface area contributed by atoms with Crippen LogP contribution in [0.4, 0.5) is 0 Å². The molecule has 7 heteroatoms. The molecular formula is C28H35N3O4. The molecule has 2 aromatic carbocycles. The Morgan fingerprint density at radius 1 is 1.03 bits per heavy atom. The van der Waals surface area contributed by atoms with E-state index in [0.717, 1.165) is 43.8 Å². The van der Waals surface area contributed by atoms with Crippen molar-refractivity contribution in [2.24, 2.45) is 0 Å². The van der Waals surface area contributed by atoms with Gasteiger partial charge >= 0.3 is 0 Å². The Balaban J connectivity index is 1.38. The summed E-state index contributed by atoms with van der Waals surface area (Å²) in [7, 11) is 3.29. The maximum absolute atomic E-state index is 13.2. The second-order valence-corrected chi connectivity index (χ2v) is 8.90. The third-order valence-corrected chi connectivity index (χ3v) is 6.57. The normalized spacial score (nSPS) is 14.1. The van der Waals surface area contributed by atoms with Crippen LogP contribution in [0, 0.1) is 0 Å². The molecule has 0 spiro atoms. The summed E-state index contributed by atoms with van der Waals surface area (Å²) in [6.45, 7) is 4.91. The number of benzene rings is 2. The molecule has 7 nitrogen and oxygen atoms in total. The number of methoxy groups -OCH3 is 2. The lowest BCUT2D eigenvalue weighted by atomic mass is 9.95. The zero-order valence-electron chi connectivity index (χ0n) is 20.9. The van der Waals surface area contributed by atoms with Crippen LogP contribution in [-0.2, 0) is 6.54 Å². The Labute approximate surface area is 207 Å². The van der Waals surface area contributed by atoms with Gasteiger partial charge < -0.3 is 23.7 Å². The third-order valence-electron chi connectivity index (χ3n) is 6.57. The average molecular weight is 478 g/mol. The minimum atomic E-state index is 0.0352. The number of likely N-dealkylation sites (tertiary alicyclic amines) is 1. The van der Waals surface area contributed by atoms with Crippen molar-refractivity contribution < 1.29 is 19.0 Å². The van der Waals surface area contributed by atoms with Crippen molar-refractivity contribution in [3.63, 3.8) is 0 Å². The second kappa shape index (κ2) is 11.8. The van der Waals surface area contributed by atoms with Crippen molar-refractivity contribution in [3.05, 3.63) is 71.8 Å². The van der Waals surface area contributed by atoms with Gasteiger partial charge in [-0.3, -0.25) is 4.79 Å². The Bertz CT molecular complexity index is 1100. The predicted molar refractivity (Wildman–Crippen MR) is 136 cm³/mol. The Morgan fingerprint density at radius 2 is 1.80 bits per heavy atom. The lowest BCUT2D eigenvalue weighted by Gasteiger charge is -2.32. The van der Waals surface area contributed by atoms with Crippen LogP contribution in [0.25, 0.3) is 0 Å². The summed E-state index contributed by atoms with van der Waals surface area (Å²) in [5, 5.41) is 0. The highest BCUT2D eigenvalue weighted by Gasteiger charge is 2.27. The zero-order valence-corrected chi connectivity index (χ0v) is 20.9. The van der Waals surface area contributed by atoms with E-state index in [4.69, 9.17) is 14.2 Å². The number of carbonyl (C=O) groups excluding carboxylic acids is 1. The second-order valence-electron chi connectivity index (χ2n) is 8.90. The summed E-state index contributed by atoms with van der Waals surface area (Å²) in [5.41, 5.74) is 1.84. The Hall–Kier alpha value is -3.48. The van der Waals surface area contributed by atoms with Crippen molar-refractivity contribution in [3.8, 4) is 17.2 Å². The van der Waals surface area contributed by atoms with Gasteiger partial charge in [-0.15, -0.1) is 0 Å². The first-order chi connectivity index (χ1) is 17.1. The number of ether oxygens (including phenoxy) is 3. The van der Waals surface area contributed by atoms with Crippen LogP contribution in [0.1, 0.15) is 60.3 Å². The average Bonchev–Trinajstić information content (AvgIpc) is 3.37. The number of aromatic nitrogens is 2. The summed E-state index contributed by atoms with van der Waals surface area (Å²) in [6.07, 6.45) is 7.70. The Morgan fingerprint density at radius 3 is 2.49 bits per heavy atom. The lowest BCUT2D eigenvalue weighted by Crippen LogP contribution is -2.38. The summed E-state index contributed by atoms with van der Waals surface area (Å²) in [4.78, 5) is 19.8. The van der Waals surface area contributed by atoms with E-state index >= 15 is 0 Å². The molecule has 0 atom stereocenters. The highest BCUT2D eigenvalue weighted by molar-refractivity contribution is 5.95. The molecule has 0 unspecified atom stereocenters. The van der Waals surface area contributed by atoms with Crippen LogP contribution in [-0.4, -0.2) is 54.3 Å². The van der Waals surface area contributed by atoms with Crippen molar-refractivity contribution in [1.82, 2.24) is 14.5 Å². The molecule has 1 aliphatic heterocycles. The van der Waals surface area contributed by atoms with Gasteiger partial charge in [0.05, 0.1) is 20.8 Å². The molecule has 1 fully saturated rings. The molecule has 0 bridgehead atoms. The van der Waals surface area contributed by atoms with E-state index < -0.39 is 0 Å². The first kappa shape index (κ1) is 24.6. The molecule has 1 aromatic heterocycles. The fourth-order valence-corrected chi connectivity index (χ4v) is 4.51. The molecule has 186 valence electrons. The van der Waals surface area contributed by atoms with Gasteiger partial charge in [0.25, 0.3) is 5.91 Å². The molecule has 35 heavy (non-hydrogen) atoms. The van der Waals surface area contributed by atoms with Crippen LogP contribution in [0.2, 0.25) is 0 Å². The van der Waals surface area contributed by atoms with Gasteiger partial charge in [0, 0.05) is 43.5 Å². The minimum absolute atomic E-state index is 0.0352. The highest BCUT2D eigenvalue weighted by atomic mass is 16.5. The van der Waals surface area contributed by atoms with Crippen LogP contribution in [0.15, 0.2) is 54.9 Å². The number of rotatable bonds is 10. The largest absolute Gasteiger partial charge is 0.497 e. The number of imidazole rings is 1. The monoisotopic (exact) mass is 477 g/mol. The van der Waals surface area contributed by atoms with Crippen molar-refractivity contribution >= 4 is 5.91 Å². The van der Waals surface area contributed by atoms with Gasteiger partial charge in [0.15, 0.2) is 11.5 Å². The van der Waals surface area contributed by atoms with Crippen molar-refractivity contribution in [1.29, 1.82) is 0 Å². The van der Waals surface area contributed by atoms with Gasteiger partial charge in [0.1, 0.15) is 11.6 Å². The minimum Gasteiger partial charge on any atom is -0.497 e. The highest BCUT2D eigenvalue weighted by Crippen LogP contribution is 2.31. The van der Waals surface area contributed by atoms with E-state index in [9.17, 15) is 4.79 Å². The molecule has 4 rings (SSSR count). The van der Waals surface area contributed by atoms with E-state index in [1.807, 2.05) is 47.6 Å². The van der Waals surface area contributed by atoms with Gasteiger partial charge in [-0.1, -0.05) is 25.5 Å². The zero-order chi connectivity index (χ0) is 24.6. The van der Waals surface area contributed by atoms with Gasteiger partial charge in [-0.2, -0.15) is 0 Å². The molecule has 1 aliphatic rings. The summed E-state index contributed by atoms with van der Waals surface area (Å²) < 4.78 is 18.8. The van der Waals surface area contributed by atoms with Gasteiger partial charge in [0.2, 0.25) is 0 Å². The number of carbonyl (C=O) groups is 1. The summed E-state index contributed by atoms with van der Waals surface area (Å²) >= 11 is 0. The predicted octanol–water partition coefficient (Wildman–Crippen LogP) is 5.15. The molecule has 2 heterocycles. The maximum atomic E-state index is 13.2. The SMILES string of the molecule is CCCCOc1cc(C(=O)N2CCC(c3nccn3Cc3ccc(OC)cc3)CC2)ccc1OC. The van der Waals surface area contributed by atoms with Crippen LogP contribution in [0.3, 0.4) is 0 Å². The fraction of sp³-hybridized carbons (Fsp3) is 0.429. The quantitative estimate of drug-likeness (QED) is 0.378. The van der Waals surface area contributed by atoms with E-state index in [1.54, 1.807) is 14.2 Å². The number of nitrogens with zero attached hydrogens (tertiary/aromatic N) is 3. The molecule has 1 saturated heterocycles. The smallest absolute Gasteiger partial charge is 0.253 e. The molecule has 3 aromatic rings. The van der Waals surface area contributed by atoms with E-state index in [-0.39, 0.29) is 5.91 Å². The number of unbranched alkanes of at least 4 members (excludes halogenated alkanes) is 1. The molecule has 0 N–H and O–H groups in total. The van der Waals surface area contributed by atoms with Crippen LogP contribution in [0.5, 0.6) is 17.2 Å². The number of piperidine rings is 1. The maximum Gasteiger partial charge on any atom is 0.253 e. The molecule has 0 saturated carbocycles. The number of amides is 1. The van der Waals surface area contributed by atoms with Gasteiger partial charge in [-0.25, -0.2) is 4.98 Å². The molecular weight excluding hydrogens is 442 g/mol. The number of hydrogen-bond donors (Lipinski definition) is 0. The van der Waals surface area contributed by atoms with Crippen molar-refractivity contribution in [2.45, 2.75) is 45.1 Å². The lowest BCUT2D eigenvalue weighted by molar-refractivity contribution is 0.0710. The Kier molecular flexibility index (Phi) is 8.29. The van der Waals surface area contributed by atoms with E-state index in [0.29, 0.717) is 42.7 Å². The number of hydrogen-bond acceptors (Lipinski definition) is 5. The van der Waals surface area contributed by atoms with E-state index in [2.05, 4.69) is 28.6 Å². The first-order valence-electron chi connectivity index (χ1n) is 12.4. The topological polar surface area (TPSA) is 65.8 Å². The molecule has 0 radical (unpaired) electrons. The van der Waals surface area contributed by atoms with Crippen LogP contribution < -0.4 is 14.2 Å². The third kappa shape index (κ3) is 5.96. The fourth-order valence-electron chi connectivity index (χ4n) is 4.51. The summed E-state index contributed by atoms with van der Waals surface area (Å²) in [5.74, 6) is 3.59. The summed E-state index contributed by atoms with van der Waals surface area (Å²) in [6, 6.07) is 13.6. The van der Waals surface area contributed by atoms with Crippen molar-refractivity contribution in [2.75, 3.05) is 33.9 Å². The van der Waals surface area contributed by atoms with Gasteiger partial charge in [-0.05, 0) is 55.2 Å². The first-order valence-corrected chi connectivity index (χ1v) is 12.4. The molecule has 0 aliphatic carbocycles. The molecule has 1 amide bonds.